The van der Waals surface area contributed by atoms with Crippen LogP contribution in [0, 0.1) is 6.92 Å². The number of nitrogens with one attached hydrogen (secondary N) is 1. The highest BCUT2D eigenvalue weighted by atomic mass is 32.2. The summed E-state index contributed by atoms with van der Waals surface area (Å²) < 4.78 is 2.03. The number of thioether (sulfide) groups is 1. The Kier molecular flexibility index (Phi) is 4.80. The SMILES string of the molecule is Cc1ccc2c(c1)c1nnc(SCC(=O)NC3CCCCC3)nc1n2C. The van der Waals surface area contributed by atoms with Crippen LogP contribution in [0.15, 0.2) is 23.4 Å². The van der Waals surface area contributed by atoms with E-state index in [0.29, 0.717) is 17.0 Å². The summed E-state index contributed by atoms with van der Waals surface area (Å²) in [7, 11) is 1.99. The first-order valence-electron chi connectivity index (χ1n) is 9.13. The smallest absolute Gasteiger partial charge is 0.230 e. The Morgan fingerprint density at radius 3 is 2.88 bits per heavy atom. The topological polar surface area (TPSA) is 72.7 Å². The summed E-state index contributed by atoms with van der Waals surface area (Å²) in [5.41, 5.74) is 3.88. The van der Waals surface area contributed by atoms with Crippen molar-refractivity contribution in [1.29, 1.82) is 0 Å². The van der Waals surface area contributed by atoms with Crippen LogP contribution in [0.2, 0.25) is 0 Å². The molecule has 1 amide bonds. The van der Waals surface area contributed by atoms with Gasteiger partial charge >= 0.3 is 0 Å². The molecule has 0 bridgehead atoms. The van der Waals surface area contributed by atoms with Crippen molar-refractivity contribution in [2.75, 3.05) is 5.75 Å². The molecule has 0 aliphatic heterocycles. The normalized spacial score (nSPS) is 15.6. The fourth-order valence-corrected chi connectivity index (χ4v) is 4.26. The lowest BCUT2D eigenvalue weighted by Gasteiger charge is -2.22. The molecule has 1 fully saturated rings. The van der Waals surface area contributed by atoms with Gasteiger partial charge < -0.3 is 9.88 Å². The van der Waals surface area contributed by atoms with Crippen molar-refractivity contribution in [3.8, 4) is 0 Å². The van der Waals surface area contributed by atoms with E-state index in [1.165, 1.54) is 36.6 Å². The minimum absolute atomic E-state index is 0.0539. The highest BCUT2D eigenvalue weighted by Crippen LogP contribution is 2.27. The molecule has 4 rings (SSSR count). The second-order valence-corrected chi connectivity index (χ2v) is 7.98. The molecule has 26 heavy (non-hydrogen) atoms. The fourth-order valence-electron chi connectivity index (χ4n) is 3.67. The van der Waals surface area contributed by atoms with E-state index in [0.717, 1.165) is 34.9 Å². The van der Waals surface area contributed by atoms with Gasteiger partial charge in [0, 0.05) is 18.5 Å². The lowest BCUT2D eigenvalue weighted by atomic mass is 9.95. The second-order valence-electron chi connectivity index (χ2n) is 7.04. The molecule has 1 N–H and O–H groups in total. The Morgan fingerprint density at radius 1 is 1.27 bits per heavy atom. The molecule has 1 aromatic carbocycles. The lowest BCUT2D eigenvalue weighted by molar-refractivity contribution is -0.119. The van der Waals surface area contributed by atoms with E-state index < -0.39 is 0 Å². The van der Waals surface area contributed by atoms with E-state index in [-0.39, 0.29) is 5.91 Å². The first-order valence-corrected chi connectivity index (χ1v) is 10.1. The lowest BCUT2D eigenvalue weighted by Crippen LogP contribution is -2.37. The zero-order valence-electron chi connectivity index (χ0n) is 15.2. The predicted octanol–water partition coefficient (Wildman–Crippen LogP) is 3.37. The third kappa shape index (κ3) is 3.40. The Hall–Kier alpha value is -2.15. The van der Waals surface area contributed by atoms with Gasteiger partial charge in [-0.25, -0.2) is 4.98 Å². The van der Waals surface area contributed by atoms with Crippen LogP contribution in [0.5, 0.6) is 0 Å². The van der Waals surface area contributed by atoms with Crippen LogP contribution in [0.25, 0.3) is 22.1 Å². The number of aryl methyl sites for hydroxylation is 2. The van der Waals surface area contributed by atoms with Crippen molar-refractivity contribution in [1.82, 2.24) is 25.1 Å². The summed E-state index contributed by atoms with van der Waals surface area (Å²) in [6.07, 6.45) is 5.89. The maximum Gasteiger partial charge on any atom is 0.230 e. The van der Waals surface area contributed by atoms with Crippen LogP contribution in [-0.2, 0) is 11.8 Å². The molecule has 1 aliphatic carbocycles. The third-order valence-corrected chi connectivity index (χ3v) is 5.88. The second kappa shape index (κ2) is 7.23. The van der Waals surface area contributed by atoms with E-state index in [2.05, 4.69) is 45.6 Å². The molecule has 7 heteroatoms. The van der Waals surface area contributed by atoms with E-state index >= 15 is 0 Å². The number of hydrogen-bond donors (Lipinski definition) is 1. The number of hydrogen-bond acceptors (Lipinski definition) is 5. The minimum atomic E-state index is 0.0539. The van der Waals surface area contributed by atoms with Gasteiger partial charge in [-0.2, -0.15) is 0 Å². The van der Waals surface area contributed by atoms with Gasteiger partial charge in [-0.3, -0.25) is 4.79 Å². The van der Waals surface area contributed by atoms with Crippen molar-refractivity contribution < 1.29 is 4.79 Å². The largest absolute Gasteiger partial charge is 0.353 e. The summed E-state index contributed by atoms with van der Waals surface area (Å²) in [5, 5.41) is 13.3. The zero-order chi connectivity index (χ0) is 18.1. The van der Waals surface area contributed by atoms with E-state index in [4.69, 9.17) is 0 Å². The van der Waals surface area contributed by atoms with Gasteiger partial charge in [0.25, 0.3) is 0 Å². The Bertz CT molecular complexity index is 961. The summed E-state index contributed by atoms with van der Waals surface area (Å²) in [4.78, 5) is 16.8. The Labute approximate surface area is 156 Å². The van der Waals surface area contributed by atoms with Crippen molar-refractivity contribution in [3.63, 3.8) is 0 Å². The third-order valence-electron chi connectivity index (χ3n) is 5.04. The van der Waals surface area contributed by atoms with Crippen molar-refractivity contribution in [2.24, 2.45) is 7.05 Å². The van der Waals surface area contributed by atoms with Crippen LogP contribution < -0.4 is 5.32 Å². The van der Waals surface area contributed by atoms with Gasteiger partial charge in [-0.05, 0) is 31.9 Å². The highest BCUT2D eigenvalue weighted by Gasteiger charge is 2.17. The van der Waals surface area contributed by atoms with Crippen LogP contribution in [0.4, 0.5) is 0 Å². The summed E-state index contributed by atoms with van der Waals surface area (Å²) in [6.45, 7) is 2.06. The Balaban J connectivity index is 1.49. The van der Waals surface area contributed by atoms with Gasteiger partial charge in [0.05, 0.1) is 11.3 Å². The molecule has 6 nitrogen and oxygen atoms in total. The molecule has 1 aliphatic rings. The number of carbonyl (C=O) groups is 1. The molecule has 0 saturated heterocycles. The van der Waals surface area contributed by atoms with Gasteiger partial charge in [0.1, 0.15) is 5.52 Å². The van der Waals surface area contributed by atoms with Gasteiger partial charge in [-0.15, -0.1) is 10.2 Å². The van der Waals surface area contributed by atoms with E-state index in [1.807, 2.05) is 11.6 Å². The van der Waals surface area contributed by atoms with Crippen molar-refractivity contribution in [2.45, 2.75) is 50.2 Å². The number of nitrogens with zero attached hydrogens (tertiary/aromatic N) is 4. The summed E-state index contributed by atoms with van der Waals surface area (Å²) in [6, 6.07) is 6.61. The van der Waals surface area contributed by atoms with E-state index in [9.17, 15) is 4.79 Å². The molecular formula is C19H23N5OS. The molecule has 1 saturated carbocycles. The van der Waals surface area contributed by atoms with Gasteiger partial charge in [0.15, 0.2) is 5.65 Å². The molecule has 0 unspecified atom stereocenters. The maximum absolute atomic E-state index is 12.2. The molecule has 2 heterocycles. The van der Waals surface area contributed by atoms with E-state index in [1.54, 1.807) is 0 Å². The van der Waals surface area contributed by atoms with Crippen LogP contribution in [-0.4, -0.2) is 37.5 Å². The van der Waals surface area contributed by atoms with Crippen molar-refractivity contribution in [3.05, 3.63) is 23.8 Å². The average Bonchev–Trinajstić information content (AvgIpc) is 2.92. The highest BCUT2D eigenvalue weighted by molar-refractivity contribution is 7.99. The first-order chi connectivity index (χ1) is 12.6. The standard InChI is InChI=1S/C19H23N5OS/c1-12-8-9-15-14(10-12)17-18(24(15)2)21-19(23-22-17)26-11-16(25)20-13-6-4-3-5-7-13/h8-10,13H,3-7,11H2,1-2H3,(H,20,25). The van der Waals surface area contributed by atoms with Crippen LogP contribution in [0.1, 0.15) is 37.7 Å². The molecule has 0 atom stereocenters. The van der Waals surface area contributed by atoms with Crippen molar-refractivity contribution >= 4 is 39.7 Å². The number of aromatic nitrogens is 4. The van der Waals surface area contributed by atoms with Gasteiger partial charge in [0.2, 0.25) is 11.1 Å². The number of rotatable bonds is 4. The number of amides is 1. The zero-order valence-corrected chi connectivity index (χ0v) is 16.0. The molecule has 3 aromatic rings. The van der Waals surface area contributed by atoms with Crippen LogP contribution in [0.3, 0.4) is 0 Å². The number of fused-ring (bicyclic) bond motifs is 3. The molecule has 2 aromatic heterocycles. The number of benzene rings is 1. The monoisotopic (exact) mass is 369 g/mol. The minimum Gasteiger partial charge on any atom is -0.353 e. The summed E-state index contributed by atoms with van der Waals surface area (Å²) >= 11 is 1.34. The molecule has 0 spiro atoms. The summed E-state index contributed by atoms with van der Waals surface area (Å²) in [5.74, 6) is 0.380. The molecule has 136 valence electrons. The Morgan fingerprint density at radius 2 is 2.08 bits per heavy atom. The van der Waals surface area contributed by atoms with Gasteiger partial charge in [-0.1, -0.05) is 42.7 Å². The maximum atomic E-state index is 12.2. The molecule has 0 radical (unpaired) electrons. The molecular weight excluding hydrogens is 346 g/mol. The predicted molar refractivity (Wildman–Crippen MR) is 104 cm³/mol. The fraction of sp³-hybridized carbons (Fsp3) is 0.474. The first kappa shape index (κ1) is 17.3. The van der Waals surface area contributed by atoms with Crippen LogP contribution >= 0.6 is 11.8 Å². The average molecular weight is 369 g/mol. The quantitative estimate of drug-likeness (QED) is 0.714. The number of carbonyl (C=O) groups excluding carboxylic acids is 1.